The quantitative estimate of drug-likeness (QED) is 0.648. The number of rotatable bonds is 6. The fourth-order valence-corrected chi connectivity index (χ4v) is 4.20. The lowest BCUT2D eigenvalue weighted by atomic mass is 10.1. The molecule has 158 valence electrons. The van der Waals surface area contributed by atoms with E-state index in [1.807, 2.05) is 6.33 Å². The lowest BCUT2D eigenvalue weighted by Gasteiger charge is -2.27. The minimum Gasteiger partial charge on any atom is -0.376 e. The Hall–Kier alpha value is -2.71. The first-order chi connectivity index (χ1) is 14.8. The summed E-state index contributed by atoms with van der Waals surface area (Å²) in [5.41, 5.74) is 4.19. The molecular formula is C22H29N7O. The molecule has 0 spiro atoms. The number of nitrogens with zero attached hydrogens (tertiary/aromatic N) is 5. The SMILES string of the molecule is Cc1cccc(Cn2cnc3c(NCC4CCCO4)nc(N4CCNCC4)nc32)c1. The van der Waals surface area contributed by atoms with Gasteiger partial charge in [-0.2, -0.15) is 9.97 Å². The molecule has 2 aliphatic rings. The van der Waals surface area contributed by atoms with E-state index in [1.165, 1.54) is 11.1 Å². The van der Waals surface area contributed by atoms with Crippen LogP contribution in [0.4, 0.5) is 11.8 Å². The third kappa shape index (κ3) is 4.11. The molecule has 1 unspecified atom stereocenters. The van der Waals surface area contributed by atoms with E-state index < -0.39 is 0 Å². The van der Waals surface area contributed by atoms with Crippen LogP contribution in [0.25, 0.3) is 11.2 Å². The van der Waals surface area contributed by atoms with E-state index in [1.54, 1.807) is 0 Å². The molecule has 2 fully saturated rings. The number of fused-ring (bicyclic) bond motifs is 1. The Morgan fingerprint density at radius 3 is 2.93 bits per heavy atom. The molecule has 2 N–H and O–H groups in total. The van der Waals surface area contributed by atoms with Crippen molar-refractivity contribution in [3.8, 4) is 0 Å². The first-order valence-corrected chi connectivity index (χ1v) is 10.9. The van der Waals surface area contributed by atoms with Gasteiger partial charge < -0.3 is 24.8 Å². The molecule has 4 heterocycles. The van der Waals surface area contributed by atoms with Gasteiger partial charge in [-0.15, -0.1) is 0 Å². The maximum Gasteiger partial charge on any atom is 0.229 e. The van der Waals surface area contributed by atoms with E-state index in [9.17, 15) is 0 Å². The summed E-state index contributed by atoms with van der Waals surface area (Å²) in [5, 5.41) is 6.90. The molecule has 0 bridgehead atoms. The van der Waals surface area contributed by atoms with Gasteiger partial charge in [-0.05, 0) is 25.3 Å². The lowest BCUT2D eigenvalue weighted by Crippen LogP contribution is -2.44. The van der Waals surface area contributed by atoms with Gasteiger partial charge in [0.25, 0.3) is 0 Å². The van der Waals surface area contributed by atoms with Crippen molar-refractivity contribution in [3.63, 3.8) is 0 Å². The highest BCUT2D eigenvalue weighted by Crippen LogP contribution is 2.24. The lowest BCUT2D eigenvalue weighted by molar-refractivity contribution is 0.120. The van der Waals surface area contributed by atoms with Crippen LogP contribution in [0, 0.1) is 6.92 Å². The van der Waals surface area contributed by atoms with Gasteiger partial charge in [0.2, 0.25) is 5.95 Å². The van der Waals surface area contributed by atoms with Crippen LogP contribution >= 0.6 is 0 Å². The highest BCUT2D eigenvalue weighted by Gasteiger charge is 2.21. The largest absolute Gasteiger partial charge is 0.376 e. The fourth-order valence-electron chi connectivity index (χ4n) is 4.20. The summed E-state index contributed by atoms with van der Waals surface area (Å²) in [7, 11) is 0. The molecule has 0 aliphatic carbocycles. The van der Waals surface area contributed by atoms with Crippen molar-refractivity contribution in [1.82, 2.24) is 24.8 Å². The van der Waals surface area contributed by atoms with E-state index in [2.05, 4.69) is 56.3 Å². The predicted octanol–water partition coefficient (Wildman–Crippen LogP) is 2.18. The van der Waals surface area contributed by atoms with E-state index in [-0.39, 0.29) is 6.10 Å². The van der Waals surface area contributed by atoms with Gasteiger partial charge in [0.15, 0.2) is 17.0 Å². The molecule has 5 rings (SSSR count). The third-order valence-electron chi connectivity index (χ3n) is 5.81. The van der Waals surface area contributed by atoms with Crippen molar-refractivity contribution in [1.29, 1.82) is 0 Å². The van der Waals surface area contributed by atoms with E-state index >= 15 is 0 Å². The van der Waals surface area contributed by atoms with Gasteiger partial charge in [0.1, 0.15) is 0 Å². The number of ether oxygens (including phenoxy) is 1. The highest BCUT2D eigenvalue weighted by atomic mass is 16.5. The number of aromatic nitrogens is 4. The second-order valence-corrected chi connectivity index (χ2v) is 8.16. The summed E-state index contributed by atoms with van der Waals surface area (Å²) in [6.45, 7) is 8.16. The summed E-state index contributed by atoms with van der Waals surface area (Å²) < 4.78 is 7.90. The van der Waals surface area contributed by atoms with Crippen molar-refractivity contribution >= 4 is 22.9 Å². The van der Waals surface area contributed by atoms with Gasteiger partial charge in [0.05, 0.1) is 19.0 Å². The third-order valence-corrected chi connectivity index (χ3v) is 5.81. The fraction of sp³-hybridized carbons (Fsp3) is 0.500. The van der Waals surface area contributed by atoms with Crippen molar-refractivity contribution in [2.75, 3.05) is 49.5 Å². The van der Waals surface area contributed by atoms with Crippen LogP contribution in [0.3, 0.4) is 0 Å². The van der Waals surface area contributed by atoms with Gasteiger partial charge in [-0.1, -0.05) is 29.8 Å². The van der Waals surface area contributed by atoms with Crippen molar-refractivity contribution in [2.24, 2.45) is 0 Å². The second-order valence-electron chi connectivity index (χ2n) is 8.16. The Morgan fingerprint density at radius 1 is 1.23 bits per heavy atom. The number of nitrogens with one attached hydrogen (secondary N) is 2. The molecule has 0 saturated carbocycles. The van der Waals surface area contributed by atoms with Crippen LogP contribution in [0.15, 0.2) is 30.6 Å². The second kappa shape index (κ2) is 8.57. The summed E-state index contributed by atoms with van der Waals surface area (Å²) in [6, 6.07) is 8.57. The van der Waals surface area contributed by atoms with Crippen molar-refractivity contribution in [3.05, 3.63) is 41.7 Å². The molecule has 2 aliphatic heterocycles. The van der Waals surface area contributed by atoms with Crippen LogP contribution in [-0.4, -0.2) is 65.0 Å². The molecule has 30 heavy (non-hydrogen) atoms. The monoisotopic (exact) mass is 407 g/mol. The van der Waals surface area contributed by atoms with Crippen LogP contribution in [-0.2, 0) is 11.3 Å². The van der Waals surface area contributed by atoms with Crippen LogP contribution in [0.1, 0.15) is 24.0 Å². The molecule has 2 saturated heterocycles. The molecular weight excluding hydrogens is 378 g/mol. The predicted molar refractivity (Wildman–Crippen MR) is 118 cm³/mol. The number of piperazine rings is 1. The molecule has 0 amide bonds. The Bertz CT molecular complexity index is 1010. The Morgan fingerprint density at radius 2 is 2.13 bits per heavy atom. The summed E-state index contributed by atoms with van der Waals surface area (Å²) in [4.78, 5) is 16.7. The number of aryl methyl sites for hydroxylation is 1. The number of hydrogen-bond acceptors (Lipinski definition) is 7. The molecule has 1 aromatic carbocycles. The molecule has 0 radical (unpaired) electrons. The summed E-state index contributed by atoms with van der Waals surface area (Å²) in [5.74, 6) is 1.57. The zero-order valence-corrected chi connectivity index (χ0v) is 17.5. The average Bonchev–Trinajstić information content (AvgIpc) is 3.43. The standard InChI is InChI=1S/C22H29N7O/c1-16-4-2-5-17(12-16)14-29-15-25-19-20(24-13-18-6-3-11-30-18)26-22(27-21(19)29)28-9-7-23-8-10-28/h2,4-5,12,15,18,23H,3,6-11,13-14H2,1H3,(H,24,26,27). The smallest absolute Gasteiger partial charge is 0.229 e. The molecule has 3 aromatic rings. The van der Waals surface area contributed by atoms with Crippen LogP contribution in [0.5, 0.6) is 0 Å². The topological polar surface area (TPSA) is 80.1 Å². The Kier molecular flexibility index (Phi) is 5.50. The van der Waals surface area contributed by atoms with E-state index in [4.69, 9.17) is 14.7 Å². The first kappa shape index (κ1) is 19.3. The van der Waals surface area contributed by atoms with Gasteiger partial charge in [0, 0.05) is 39.3 Å². The zero-order chi connectivity index (χ0) is 20.3. The summed E-state index contributed by atoms with van der Waals surface area (Å²) in [6.07, 6.45) is 4.34. The van der Waals surface area contributed by atoms with Crippen LogP contribution in [0.2, 0.25) is 0 Å². The number of anilines is 2. The maximum atomic E-state index is 5.78. The highest BCUT2D eigenvalue weighted by molar-refractivity contribution is 5.84. The van der Waals surface area contributed by atoms with E-state index in [0.717, 1.165) is 81.6 Å². The Balaban J connectivity index is 1.49. The molecule has 8 heteroatoms. The van der Waals surface area contributed by atoms with Crippen molar-refractivity contribution < 1.29 is 4.74 Å². The minimum absolute atomic E-state index is 0.243. The number of benzene rings is 1. The van der Waals surface area contributed by atoms with E-state index in [0.29, 0.717) is 0 Å². The van der Waals surface area contributed by atoms with Gasteiger partial charge in [-0.25, -0.2) is 4.98 Å². The zero-order valence-electron chi connectivity index (χ0n) is 17.5. The average molecular weight is 408 g/mol. The van der Waals surface area contributed by atoms with Crippen LogP contribution < -0.4 is 15.5 Å². The Labute approximate surface area is 176 Å². The molecule has 8 nitrogen and oxygen atoms in total. The van der Waals surface area contributed by atoms with Gasteiger partial charge >= 0.3 is 0 Å². The number of imidazole rings is 1. The molecule has 1 atom stereocenters. The first-order valence-electron chi connectivity index (χ1n) is 10.9. The minimum atomic E-state index is 0.243. The van der Waals surface area contributed by atoms with Gasteiger partial charge in [-0.3, -0.25) is 0 Å². The normalized spacial score (nSPS) is 19.5. The summed E-state index contributed by atoms with van der Waals surface area (Å²) >= 11 is 0. The maximum absolute atomic E-state index is 5.78. The number of hydrogen-bond donors (Lipinski definition) is 2. The van der Waals surface area contributed by atoms with Crippen molar-refractivity contribution in [2.45, 2.75) is 32.4 Å². The molecule has 2 aromatic heterocycles.